The highest BCUT2D eigenvalue weighted by molar-refractivity contribution is 8.01. The zero-order chi connectivity index (χ0) is 9.64. The molecule has 0 aromatic heterocycles. The predicted octanol–water partition coefficient (Wildman–Crippen LogP) is 0.525. The Kier molecular flexibility index (Phi) is 1.80. The van der Waals surface area contributed by atoms with Gasteiger partial charge in [-0.2, -0.15) is 0 Å². The van der Waals surface area contributed by atoms with Crippen LogP contribution in [0.3, 0.4) is 0 Å². The Hall–Kier alpha value is -0.710. The minimum Gasteiger partial charge on any atom is -0.480 e. The summed E-state index contributed by atoms with van der Waals surface area (Å²) in [5.74, 6) is -0.372. The third-order valence-electron chi connectivity index (χ3n) is 2.73. The Morgan fingerprint density at radius 3 is 3.08 bits per heavy atom. The Labute approximate surface area is 80.3 Å². The van der Waals surface area contributed by atoms with E-state index in [2.05, 4.69) is 0 Å². The van der Waals surface area contributed by atoms with Crippen molar-refractivity contribution in [2.24, 2.45) is 0 Å². The lowest BCUT2D eigenvalue weighted by Gasteiger charge is -2.28. The molecule has 5 heteroatoms. The number of carboxylic acids is 1. The number of amides is 1. The van der Waals surface area contributed by atoms with Crippen LogP contribution in [0, 0.1) is 0 Å². The first kappa shape index (κ1) is 8.87. The third-order valence-corrected chi connectivity index (χ3v) is 4.24. The van der Waals surface area contributed by atoms with Gasteiger partial charge in [0.2, 0.25) is 5.91 Å². The van der Waals surface area contributed by atoms with Crippen molar-refractivity contribution in [3.05, 3.63) is 0 Å². The summed E-state index contributed by atoms with van der Waals surface area (Å²) in [6.45, 7) is 1.95. The van der Waals surface area contributed by atoms with E-state index in [-0.39, 0.29) is 10.8 Å². The first-order chi connectivity index (χ1) is 6.04. The van der Waals surface area contributed by atoms with Crippen molar-refractivity contribution in [2.45, 2.75) is 30.7 Å². The number of thioether (sulfide) groups is 1. The van der Waals surface area contributed by atoms with Crippen molar-refractivity contribution in [1.82, 2.24) is 4.90 Å². The summed E-state index contributed by atoms with van der Waals surface area (Å²) in [7, 11) is 0. The third kappa shape index (κ3) is 1.14. The average Bonchev–Trinajstić information content (AvgIpc) is 2.50. The lowest BCUT2D eigenvalue weighted by Crippen LogP contribution is -2.45. The predicted molar refractivity (Wildman–Crippen MR) is 48.4 cm³/mol. The number of hydrogen-bond acceptors (Lipinski definition) is 3. The molecule has 0 radical (unpaired) electrons. The van der Waals surface area contributed by atoms with Crippen LogP contribution >= 0.6 is 11.8 Å². The largest absolute Gasteiger partial charge is 0.480 e. The number of fused-ring (bicyclic) bond motifs is 1. The van der Waals surface area contributed by atoms with Gasteiger partial charge in [0.1, 0.15) is 6.04 Å². The molecule has 0 aliphatic carbocycles. The molecule has 2 heterocycles. The molecule has 0 spiro atoms. The van der Waals surface area contributed by atoms with Gasteiger partial charge in [0.15, 0.2) is 0 Å². The molecule has 1 N–H and O–H groups in total. The standard InChI is InChI=1S/C8H11NO3S/c1-8-3-2-6(10)9(8)5(4-13-8)7(11)12/h5H,2-4H2,1H3,(H,11,12)/t5-,8-/m1/s1. The van der Waals surface area contributed by atoms with Crippen molar-refractivity contribution < 1.29 is 14.7 Å². The van der Waals surface area contributed by atoms with Crippen LogP contribution in [0.4, 0.5) is 0 Å². The summed E-state index contributed by atoms with van der Waals surface area (Å²) >= 11 is 1.58. The first-order valence-electron chi connectivity index (χ1n) is 4.23. The van der Waals surface area contributed by atoms with E-state index in [1.807, 2.05) is 6.92 Å². The lowest BCUT2D eigenvalue weighted by atomic mass is 10.2. The number of carboxylic acid groups (broad SMARTS) is 1. The van der Waals surface area contributed by atoms with E-state index in [0.29, 0.717) is 12.2 Å². The fraction of sp³-hybridized carbons (Fsp3) is 0.750. The summed E-state index contributed by atoms with van der Waals surface area (Å²) in [5, 5.41) is 8.89. The maximum Gasteiger partial charge on any atom is 0.327 e. The second-order valence-electron chi connectivity index (χ2n) is 3.60. The number of carbonyl (C=O) groups excluding carboxylic acids is 1. The van der Waals surface area contributed by atoms with E-state index in [0.717, 1.165) is 6.42 Å². The van der Waals surface area contributed by atoms with Gasteiger partial charge in [-0.05, 0) is 13.3 Å². The van der Waals surface area contributed by atoms with Gasteiger partial charge in [-0.25, -0.2) is 4.79 Å². The van der Waals surface area contributed by atoms with Crippen LogP contribution in [-0.4, -0.2) is 38.5 Å². The normalized spacial score (nSPS) is 38.1. The Morgan fingerprint density at radius 2 is 2.46 bits per heavy atom. The van der Waals surface area contributed by atoms with E-state index >= 15 is 0 Å². The number of carbonyl (C=O) groups is 2. The molecule has 2 fully saturated rings. The molecule has 4 nitrogen and oxygen atoms in total. The molecule has 2 saturated heterocycles. The van der Waals surface area contributed by atoms with Gasteiger partial charge in [-0.1, -0.05) is 0 Å². The molecule has 0 aromatic rings. The second-order valence-corrected chi connectivity index (χ2v) is 5.11. The summed E-state index contributed by atoms with van der Waals surface area (Å²) < 4.78 is 0. The lowest BCUT2D eigenvalue weighted by molar-refractivity contribution is -0.148. The molecule has 1 amide bonds. The van der Waals surface area contributed by atoms with Crippen LogP contribution in [0.2, 0.25) is 0 Å². The molecule has 2 aliphatic rings. The molecule has 2 aliphatic heterocycles. The molecular weight excluding hydrogens is 190 g/mol. The minimum absolute atomic E-state index is 0.0140. The molecule has 0 aromatic carbocycles. The minimum atomic E-state index is -0.883. The van der Waals surface area contributed by atoms with Gasteiger partial charge < -0.3 is 10.0 Å². The molecule has 0 unspecified atom stereocenters. The smallest absolute Gasteiger partial charge is 0.327 e. The van der Waals surface area contributed by atoms with E-state index in [1.54, 1.807) is 16.7 Å². The van der Waals surface area contributed by atoms with Crippen LogP contribution < -0.4 is 0 Å². The molecular formula is C8H11NO3S. The van der Waals surface area contributed by atoms with E-state index in [9.17, 15) is 9.59 Å². The number of aliphatic carboxylic acids is 1. The van der Waals surface area contributed by atoms with Crippen molar-refractivity contribution in [2.75, 3.05) is 5.75 Å². The van der Waals surface area contributed by atoms with E-state index in [4.69, 9.17) is 5.11 Å². The summed E-state index contributed by atoms with van der Waals surface area (Å²) in [4.78, 5) is 23.5. The van der Waals surface area contributed by atoms with Crippen LogP contribution in [-0.2, 0) is 9.59 Å². The number of nitrogens with zero attached hydrogens (tertiary/aromatic N) is 1. The van der Waals surface area contributed by atoms with Crippen LogP contribution in [0.15, 0.2) is 0 Å². The van der Waals surface area contributed by atoms with E-state index in [1.165, 1.54) is 0 Å². The van der Waals surface area contributed by atoms with Gasteiger partial charge in [0.25, 0.3) is 0 Å². The van der Waals surface area contributed by atoms with Crippen molar-refractivity contribution in [3.8, 4) is 0 Å². The Balaban J connectivity index is 2.29. The highest BCUT2D eigenvalue weighted by atomic mass is 32.2. The van der Waals surface area contributed by atoms with Gasteiger partial charge in [0.05, 0.1) is 4.87 Å². The molecule has 13 heavy (non-hydrogen) atoms. The monoisotopic (exact) mass is 201 g/mol. The molecule has 2 atom stereocenters. The fourth-order valence-corrected chi connectivity index (χ4v) is 3.43. The Bertz CT molecular complexity index is 281. The highest BCUT2D eigenvalue weighted by Crippen LogP contribution is 2.47. The summed E-state index contributed by atoms with van der Waals surface area (Å²) in [6, 6.07) is -0.606. The molecule has 72 valence electrons. The molecule has 2 rings (SSSR count). The zero-order valence-electron chi connectivity index (χ0n) is 7.32. The average molecular weight is 201 g/mol. The van der Waals surface area contributed by atoms with Crippen molar-refractivity contribution >= 4 is 23.6 Å². The Morgan fingerprint density at radius 1 is 1.77 bits per heavy atom. The number of rotatable bonds is 1. The maximum atomic E-state index is 11.4. The SMILES string of the molecule is C[C@@]12CCC(=O)N1[C@@H](C(=O)O)CS2. The van der Waals surface area contributed by atoms with Gasteiger partial charge in [-0.15, -0.1) is 11.8 Å². The molecule has 0 bridgehead atoms. The summed E-state index contributed by atoms with van der Waals surface area (Å²) in [6.07, 6.45) is 1.27. The van der Waals surface area contributed by atoms with E-state index < -0.39 is 12.0 Å². The summed E-state index contributed by atoms with van der Waals surface area (Å²) in [5.41, 5.74) is 0. The maximum absolute atomic E-state index is 11.4. The van der Waals surface area contributed by atoms with Gasteiger partial charge >= 0.3 is 5.97 Å². The fourth-order valence-electron chi connectivity index (χ4n) is 2.00. The van der Waals surface area contributed by atoms with Crippen molar-refractivity contribution in [3.63, 3.8) is 0 Å². The molecule has 0 saturated carbocycles. The zero-order valence-corrected chi connectivity index (χ0v) is 8.13. The van der Waals surface area contributed by atoms with Crippen molar-refractivity contribution in [1.29, 1.82) is 0 Å². The van der Waals surface area contributed by atoms with Crippen LogP contribution in [0.1, 0.15) is 19.8 Å². The highest BCUT2D eigenvalue weighted by Gasteiger charge is 2.52. The quantitative estimate of drug-likeness (QED) is 0.672. The second kappa shape index (κ2) is 2.64. The van der Waals surface area contributed by atoms with Gasteiger partial charge in [0, 0.05) is 12.2 Å². The van der Waals surface area contributed by atoms with Crippen LogP contribution in [0.25, 0.3) is 0 Å². The number of hydrogen-bond donors (Lipinski definition) is 1. The first-order valence-corrected chi connectivity index (χ1v) is 5.22. The van der Waals surface area contributed by atoms with Crippen LogP contribution in [0.5, 0.6) is 0 Å². The van der Waals surface area contributed by atoms with Gasteiger partial charge in [-0.3, -0.25) is 4.79 Å². The topological polar surface area (TPSA) is 57.6 Å².